The number of amidine groups is 1. The molecule has 1 aliphatic heterocycles. The number of halogens is 1. The van der Waals surface area contributed by atoms with Gasteiger partial charge in [-0.2, -0.15) is 5.10 Å². The standard InChI is InChI=1S/C21H22ClN3O3S/c1-13(2)28-17-9-6-15(10-18(17)27-3)12-23-25-21-24-20(26)19(29-21)11-14-4-7-16(22)8-5-14/h4-10,12-13,19H,11H2,1-3H3,(H,24,25,26)/b23-12+. The zero-order valence-corrected chi connectivity index (χ0v) is 18.0. The summed E-state index contributed by atoms with van der Waals surface area (Å²) in [6.45, 7) is 3.91. The number of benzene rings is 2. The molecule has 1 amide bonds. The van der Waals surface area contributed by atoms with Crippen LogP contribution in [0.1, 0.15) is 25.0 Å². The molecule has 2 aromatic rings. The highest BCUT2D eigenvalue weighted by Gasteiger charge is 2.30. The van der Waals surface area contributed by atoms with Gasteiger partial charge in [-0.3, -0.25) is 4.79 Å². The highest BCUT2D eigenvalue weighted by Crippen LogP contribution is 2.28. The molecule has 0 spiro atoms. The smallest absolute Gasteiger partial charge is 0.239 e. The molecule has 0 bridgehead atoms. The summed E-state index contributed by atoms with van der Waals surface area (Å²) in [5.41, 5.74) is 1.86. The predicted octanol–water partition coefficient (Wildman–Crippen LogP) is 4.30. The lowest BCUT2D eigenvalue weighted by molar-refractivity contribution is -0.118. The van der Waals surface area contributed by atoms with E-state index in [1.54, 1.807) is 13.3 Å². The molecule has 0 aliphatic carbocycles. The number of rotatable bonds is 7. The van der Waals surface area contributed by atoms with E-state index in [9.17, 15) is 4.79 Å². The second-order valence-electron chi connectivity index (χ2n) is 6.65. The Morgan fingerprint density at radius 1 is 1.21 bits per heavy atom. The van der Waals surface area contributed by atoms with Crippen LogP contribution in [-0.2, 0) is 11.2 Å². The van der Waals surface area contributed by atoms with Crippen molar-refractivity contribution in [1.82, 2.24) is 5.32 Å². The largest absolute Gasteiger partial charge is 0.493 e. The fourth-order valence-electron chi connectivity index (χ4n) is 2.68. The molecule has 152 valence electrons. The van der Waals surface area contributed by atoms with E-state index < -0.39 is 0 Å². The molecule has 1 saturated heterocycles. The van der Waals surface area contributed by atoms with Gasteiger partial charge < -0.3 is 14.8 Å². The van der Waals surface area contributed by atoms with Gasteiger partial charge in [0.1, 0.15) is 0 Å². The molecule has 29 heavy (non-hydrogen) atoms. The van der Waals surface area contributed by atoms with Crippen LogP contribution >= 0.6 is 23.4 Å². The summed E-state index contributed by atoms with van der Waals surface area (Å²) in [7, 11) is 1.59. The van der Waals surface area contributed by atoms with Gasteiger partial charge in [0.05, 0.1) is 24.7 Å². The van der Waals surface area contributed by atoms with Gasteiger partial charge in [-0.25, -0.2) is 0 Å². The molecule has 3 rings (SSSR count). The predicted molar refractivity (Wildman–Crippen MR) is 118 cm³/mol. The second-order valence-corrected chi connectivity index (χ2v) is 8.28. The molecule has 1 atom stereocenters. The van der Waals surface area contributed by atoms with Crippen LogP contribution in [0.3, 0.4) is 0 Å². The summed E-state index contributed by atoms with van der Waals surface area (Å²) >= 11 is 7.27. The van der Waals surface area contributed by atoms with Crippen molar-refractivity contribution in [3.05, 3.63) is 58.6 Å². The first-order chi connectivity index (χ1) is 13.9. The fourth-order valence-corrected chi connectivity index (χ4v) is 3.78. The summed E-state index contributed by atoms with van der Waals surface area (Å²) < 4.78 is 11.1. The number of nitrogens with one attached hydrogen (secondary N) is 1. The van der Waals surface area contributed by atoms with Gasteiger partial charge in [-0.15, -0.1) is 5.10 Å². The van der Waals surface area contributed by atoms with Crippen LogP contribution in [0.4, 0.5) is 0 Å². The molecular weight excluding hydrogens is 410 g/mol. The molecule has 6 nitrogen and oxygen atoms in total. The van der Waals surface area contributed by atoms with Crippen molar-refractivity contribution in [2.75, 3.05) is 7.11 Å². The second kappa shape index (κ2) is 9.80. The Hall–Kier alpha value is -2.51. The monoisotopic (exact) mass is 431 g/mol. The summed E-state index contributed by atoms with van der Waals surface area (Å²) in [6.07, 6.45) is 2.26. The first kappa shape index (κ1) is 21.2. The first-order valence-corrected chi connectivity index (χ1v) is 10.4. The SMILES string of the molecule is COc1cc(/C=N/N=C2\NC(=O)C(Cc3ccc(Cl)cc3)S2)ccc1OC(C)C. The number of ether oxygens (including phenoxy) is 2. The Morgan fingerprint density at radius 2 is 1.97 bits per heavy atom. The maximum absolute atomic E-state index is 12.2. The van der Waals surface area contributed by atoms with Gasteiger partial charge in [0, 0.05) is 5.02 Å². The Bertz CT molecular complexity index is 929. The molecular formula is C21H22ClN3O3S. The van der Waals surface area contributed by atoms with Crippen LogP contribution in [0.5, 0.6) is 11.5 Å². The Labute approximate surface area is 179 Å². The third-order valence-corrected chi connectivity index (χ3v) is 5.34. The van der Waals surface area contributed by atoms with Gasteiger partial charge in [-0.1, -0.05) is 35.5 Å². The average molecular weight is 432 g/mol. The fraction of sp³-hybridized carbons (Fsp3) is 0.286. The normalized spacial score (nSPS) is 17.9. The van der Waals surface area contributed by atoms with E-state index in [1.165, 1.54) is 11.8 Å². The number of thioether (sulfide) groups is 1. The third kappa shape index (κ3) is 5.98. The molecule has 0 radical (unpaired) electrons. The molecule has 1 fully saturated rings. The van der Waals surface area contributed by atoms with E-state index in [-0.39, 0.29) is 17.3 Å². The van der Waals surface area contributed by atoms with Crippen molar-refractivity contribution < 1.29 is 14.3 Å². The lowest BCUT2D eigenvalue weighted by atomic mass is 10.1. The molecule has 1 unspecified atom stereocenters. The minimum absolute atomic E-state index is 0.0543. The number of hydrogen-bond acceptors (Lipinski definition) is 6. The maximum atomic E-state index is 12.2. The van der Waals surface area contributed by atoms with E-state index >= 15 is 0 Å². The van der Waals surface area contributed by atoms with E-state index in [2.05, 4.69) is 15.5 Å². The van der Waals surface area contributed by atoms with Crippen molar-refractivity contribution in [2.24, 2.45) is 10.2 Å². The van der Waals surface area contributed by atoms with Crippen LogP contribution in [0.25, 0.3) is 0 Å². The minimum atomic E-state index is -0.238. The van der Waals surface area contributed by atoms with Gasteiger partial charge >= 0.3 is 0 Å². The van der Waals surface area contributed by atoms with Crippen molar-refractivity contribution in [3.8, 4) is 11.5 Å². The zero-order chi connectivity index (χ0) is 20.8. The number of nitrogens with zero attached hydrogens (tertiary/aromatic N) is 2. The number of hydrogen-bond donors (Lipinski definition) is 1. The van der Waals surface area contributed by atoms with Crippen LogP contribution in [0, 0.1) is 0 Å². The topological polar surface area (TPSA) is 72.3 Å². The average Bonchev–Trinajstić information content (AvgIpc) is 3.03. The number of methoxy groups -OCH3 is 1. The van der Waals surface area contributed by atoms with E-state index in [1.807, 2.05) is 56.3 Å². The van der Waals surface area contributed by atoms with Crippen molar-refractivity contribution in [3.63, 3.8) is 0 Å². The Kier molecular flexibility index (Phi) is 7.17. The molecule has 0 aromatic heterocycles. The lowest BCUT2D eigenvalue weighted by Crippen LogP contribution is -2.25. The summed E-state index contributed by atoms with van der Waals surface area (Å²) in [6, 6.07) is 13.0. The molecule has 2 aromatic carbocycles. The number of carbonyl (C=O) groups excluding carboxylic acids is 1. The van der Waals surface area contributed by atoms with Gasteiger partial charge in [0.15, 0.2) is 16.7 Å². The minimum Gasteiger partial charge on any atom is -0.493 e. The van der Waals surface area contributed by atoms with Gasteiger partial charge in [-0.05, 0) is 61.7 Å². The van der Waals surface area contributed by atoms with Crippen LogP contribution in [-0.4, -0.2) is 35.8 Å². The van der Waals surface area contributed by atoms with E-state index in [4.69, 9.17) is 21.1 Å². The van der Waals surface area contributed by atoms with Crippen molar-refractivity contribution >= 4 is 40.7 Å². The Morgan fingerprint density at radius 3 is 2.66 bits per heavy atom. The number of carbonyl (C=O) groups is 1. The van der Waals surface area contributed by atoms with Crippen molar-refractivity contribution in [1.29, 1.82) is 0 Å². The summed E-state index contributed by atoms with van der Waals surface area (Å²) in [4.78, 5) is 12.2. The maximum Gasteiger partial charge on any atom is 0.239 e. The highest BCUT2D eigenvalue weighted by atomic mass is 35.5. The molecule has 1 N–H and O–H groups in total. The molecule has 1 aliphatic rings. The van der Waals surface area contributed by atoms with E-state index in [0.29, 0.717) is 28.1 Å². The molecule has 0 saturated carbocycles. The molecule has 1 heterocycles. The van der Waals surface area contributed by atoms with Gasteiger partial charge in [0.25, 0.3) is 0 Å². The summed E-state index contributed by atoms with van der Waals surface area (Å²) in [5.74, 6) is 1.23. The third-order valence-electron chi connectivity index (χ3n) is 4.02. The van der Waals surface area contributed by atoms with E-state index in [0.717, 1.165) is 11.1 Å². The first-order valence-electron chi connectivity index (χ1n) is 9.12. The van der Waals surface area contributed by atoms with Gasteiger partial charge in [0.2, 0.25) is 5.91 Å². The Balaban J connectivity index is 1.63. The lowest BCUT2D eigenvalue weighted by Gasteiger charge is -2.13. The van der Waals surface area contributed by atoms with Crippen LogP contribution in [0.2, 0.25) is 5.02 Å². The quantitative estimate of drug-likeness (QED) is 0.524. The number of amides is 1. The van der Waals surface area contributed by atoms with Crippen molar-refractivity contribution in [2.45, 2.75) is 31.6 Å². The molecule has 8 heteroatoms. The van der Waals surface area contributed by atoms with Crippen LogP contribution in [0.15, 0.2) is 52.7 Å². The zero-order valence-electron chi connectivity index (χ0n) is 16.4. The summed E-state index contributed by atoms with van der Waals surface area (Å²) in [5, 5.41) is 11.9. The van der Waals surface area contributed by atoms with Crippen LogP contribution < -0.4 is 14.8 Å². The highest BCUT2D eigenvalue weighted by molar-refractivity contribution is 8.15.